The van der Waals surface area contributed by atoms with Gasteiger partial charge in [0.25, 0.3) is 0 Å². The van der Waals surface area contributed by atoms with Crippen LogP contribution in [0.1, 0.15) is 106 Å². The molecular weight excluding hydrogens is 412 g/mol. The lowest BCUT2D eigenvalue weighted by Crippen LogP contribution is -2.60. The Hall–Kier alpha value is -1.06. The van der Waals surface area contributed by atoms with Crippen molar-refractivity contribution in [2.24, 2.45) is 51.8 Å². The van der Waals surface area contributed by atoms with Gasteiger partial charge in [0.15, 0.2) is 0 Å². The third kappa shape index (κ3) is 4.38. The first-order valence-electron chi connectivity index (χ1n) is 13.6. The van der Waals surface area contributed by atoms with E-state index in [9.17, 15) is 9.59 Å². The molecule has 0 N–H and O–H groups in total. The minimum absolute atomic E-state index is 0.0208. The highest BCUT2D eigenvalue weighted by Gasteiger charge is 2.63. The highest BCUT2D eigenvalue weighted by molar-refractivity contribution is 5.78. The van der Waals surface area contributed by atoms with Crippen LogP contribution in [0.3, 0.4) is 0 Å². The third-order valence-corrected chi connectivity index (χ3v) is 10.2. The van der Waals surface area contributed by atoms with Crippen LogP contribution in [0.2, 0.25) is 0 Å². The van der Waals surface area contributed by atoms with Gasteiger partial charge in [-0.2, -0.15) is 0 Å². The van der Waals surface area contributed by atoms with Crippen molar-refractivity contribution in [2.45, 2.75) is 112 Å². The van der Waals surface area contributed by atoms with Crippen LogP contribution in [-0.4, -0.2) is 24.6 Å². The maximum absolute atomic E-state index is 13.9. The van der Waals surface area contributed by atoms with E-state index in [0.717, 1.165) is 44.9 Å². The van der Waals surface area contributed by atoms with Crippen molar-refractivity contribution in [3.05, 3.63) is 0 Å². The molecule has 188 valence electrons. The zero-order valence-electron chi connectivity index (χ0n) is 22.5. The molecule has 0 saturated heterocycles. The third-order valence-electron chi connectivity index (χ3n) is 10.2. The predicted octanol–water partition coefficient (Wildman–Crippen LogP) is 6.80. The Balaban J connectivity index is 1.59. The van der Waals surface area contributed by atoms with Crippen LogP contribution < -0.4 is 0 Å². The van der Waals surface area contributed by atoms with Gasteiger partial charge in [-0.05, 0) is 85.4 Å². The number of esters is 2. The van der Waals surface area contributed by atoms with Gasteiger partial charge in [-0.3, -0.25) is 9.59 Å². The molecule has 5 aliphatic carbocycles. The molecule has 0 aromatic rings. The van der Waals surface area contributed by atoms with Gasteiger partial charge in [-0.15, -0.1) is 0 Å². The van der Waals surface area contributed by atoms with Gasteiger partial charge in [0.1, 0.15) is 5.60 Å². The fourth-order valence-corrected chi connectivity index (χ4v) is 9.63. The van der Waals surface area contributed by atoms with Gasteiger partial charge in [-0.1, -0.05) is 54.9 Å². The summed E-state index contributed by atoms with van der Waals surface area (Å²) in [6, 6.07) is 0. The largest absolute Gasteiger partial charge is 0.469 e. The molecule has 0 aliphatic heterocycles. The van der Waals surface area contributed by atoms with E-state index in [1.54, 1.807) is 0 Å². The first-order valence-corrected chi connectivity index (χ1v) is 13.6. The SMILES string of the molecule is CCC(C)(C)[C@H](C1CC(C)CC1C(=O)OC12CC3CC(C1)CC(C(=O)OC)(C3)C2)C(C)(C)C. The Morgan fingerprint density at radius 2 is 1.58 bits per heavy atom. The molecule has 6 atom stereocenters. The van der Waals surface area contributed by atoms with Gasteiger partial charge in [-0.25, -0.2) is 0 Å². The Morgan fingerprint density at radius 1 is 0.970 bits per heavy atom. The normalized spacial score (nSPS) is 41.2. The lowest BCUT2D eigenvalue weighted by molar-refractivity contribution is -0.215. The first kappa shape index (κ1) is 25.0. The van der Waals surface area contributed by atoms with Crippen LogP contribution in [-0.2, 0) is 19.1 Å². The molecule has 5 fully saturated rings. The highest BCUT2D eigenvalue weighted by atomic mass is 16.6. The van der Waals surface area contributed by atoms with Crippen LogP contribution >= 0.6 is 0 Å². The Bertz CT molecular complexity index is 761. The fraction of sp³-hybridized carbons (Fsp3) is 0.931. The van der Waals surface area contributed by atoms with Crippen LogP contribution in [0, 0.1) is 51.8 Å². The molecule has 4 nitrogen and oxygen atoms in total. The Kier molecular flexibility index (Phi) is 6.27. The summed E-state index contributed by atoms with van der Waals surface area (Å²) in [6.45, 7) is 16.4. The molecule has 0 radical (unpaired) electrons. The molecule has 4 heteroatoms. The zero-order valence-corrected chi connectivity index (χ0v) is 22.5. The number of rotatable bonds is 6. The molecular formula is C29H48O4. The average molecular weight is 461 g/mol. The van der Waals surface area contributed by atoms with E-state index in [2.05, 4.69) is 48.5 Å². The Labute approximate surface area is 201 Å². The van der Waals surface area contributed by atoms with Crippen LogP contribution in [0.4, 0.5) is 0 Å². The van der Waals surface area contributed by atoms with Crippen molar-refractivity contribution < 1.29 is 19.1 Å². The molecule has 4 bridgehead atoms. The smallest absolute Gasteiger partial charge is 0.311 e. The fourth-order valence-electron chi connectivity index (χ4n) is 9.63. The molecule has 5 rings (SSSR count). The van der Waals surface area contributed by atoms with Crippen molar-refractivity contribution in [2.75, 3.05) is 7.11 Å². The maximum atomic E-state index is 13.9. The second kappa shape index (κ2) is 8.26. The van der Waals surface area contributed by atoms with E-state index in [1.165, 1.54) is 13.5 Å². The summed E-state index contributed by atoms with van der Waals surface area (Å²) in [6.07, 6.45) is 8.69. The average Bonchev–Trinajstić information content (AvgIpc) is 3.05. The monoisotopic (exact) mass is 460 g/mol. The van der Waals surface area contributed by atoms with E-state index in [4.69, 9.17) is 9.47 Å². The summed E-state index contributed by atoms with van der Waals surface area (Å²) in [5.74, 6) is 2.23. The molecule has 0 aromatic heterocycles. The molecule has 0 amide bonds. The van der Waals surface area contributed by atoms with E-state index in [0.29, 0.717) is 36.0 Å². The number of carbonyl (C=O) groups excluding carboxylic acids is 2. The molecule has 0 aromatic carbocycles. The molecule has 33 heavy (non-hydrogen) atoms. The molecule has 5 aliphatic rings. The standard InChI is InChI=1S/C29H48O4/c1-9-27(6,7)23(26(3,4)5)21-10-18(2)11-22(21)24(30)33-29-15-19-12-20(16-29)14-28(13-19,17-29)25(31)32-8/h18-23H,9-17H2,1-8H3/t18?,19?,20?,21?,22?,23-,28?,29?/m1/s1. The minimum Gasteiger partial charge on any atom is -0.469 e. The van der Waals surface area contributed by atoms with Gasteiger partial charge in [0.05, 0.1) is 18.4 Å². The number of hydrogen-bond donors (Lipinski definition) is 0. The van der Waals surface area contributed by atoms with Crippen molar-refractivity contribution >= 4 is 11.9 Å². The predicted molar refractivity (Wildman–Crippen MR) is 130 cm³/mol. The van der Waals surface area contributed by atoms with E-state index in [-0.39, 0.29) is 28.7 Å². The lowest BCUT2D eigenvalue weighted by atomic mass is 9.48. The minimum atomic E-state index is -0.455. The first-order chi connectivity index (χ1) is 15.2. The summed E-state index contributed by atoms with van der Waals surface area (Å²) in [4.78, 5) is 26.8. The maximum Gasteiger partial charge on any atom is 0.311 e. The van der Waals surface area contributed by atoms with E-state index >= 15 is 0 Å². The van der Waals surface area contributed by atoms with Crippen LogP contribution in [0.15, 0.2) is 0 Å². The van der Waals surface area contributed by atoms with Crippen molar-refractivity contribution in [3.63, 3.8) is 0 Å². The quantitative estimate of drug-likeness (QED) is 0.409. The number of carbonyl (C=O) groups is 2. The van der Waals surface area contributed by atoms with Gasteiger partial charge < -0.3 is 9.47 Å². The second-order valence-corrected chi connectivity index (χ2v) is 14.4. The lowest BCUT2D eigenvalue weighted by Gasteiger charge is -2.60. The second-order valence-electron chi connectivity index (χ2n) is 14.4. The summed E-state index contributed by atoms with van der Waals surface area (Å²) in [5.41, 5.74) is -0.591. The number of ether oxygens (including phenoxy) is 2. The van der Waals surface area contributed by atoms with E-state index < -0.39 is 11.0 Å². The highest BCUT2D eigenvalue weighted by Crippen LogP contribution is 2.64. The van der Waals surface area contributed by atoms with Gasteiger partial charge in [0.2, 0.25) is 0 Å². The number of methoxy groups -OCH3 is 1. The van der Waals surface area contributed by atoms with E-state index in [1.807, 2.05) is 0 Å². The summed E-state index contributed by atoms with van der Waals surface area (Å²) < 4.78 is 11.9. The number of hydrogen-bond acceptors (Lipinski definition) is 4. The van der Waals surface area contributed by atoms with Gasteiger partial charge in [0, 0.05) is 6.42 Å². The van der Waals surface area contributed by atoms with Crippen LogP contribution in [0.5, 0.6) is 0 Å². The summed E-state index contributed by atoms with van der Waals surface area (Å²) in [5, 5.41) is 0. The van der Waals surface area contributed by atoms with Crippen molar-refractivity contribution in [3.8, 4) is 0 Å². The van der Waals surface area contributed by atoms with Crippen LogP contribution in [0.25, 0.3) is 0 Å². The van der Waals surface area contributed by atoms with Gasteiger partial charge >= 0.3 is 11.9 Å². The summed E-state index contributed by atoms with van der Waals surface area (Å²) in [7, 11) is 1.51. The zero-order chi connectivity index (χ0) is 24.4. The topological polar surface area (TPSA) is 52.6 Å². The Morgan fingerprint density at radius 3 is 2.09 bits per heavy atom. The van der Waals surface area contributed by atoms with Crippen molar-refractivity contribution in [1.29, 1.82) is 0 Å². The molecule has 5 unspecified atom stereocenters. The molecule has 0 heterocycles. The molecule has 0 spiro atoms. The van der Waals surface area contributed by atoms with Crippen molar-refractivity contribution in [1.82, 2.24) is 0 Å². The molecule has 5 saturated carbocycles. The summed E-state index contributed by atoms with van der Waals surface area (Å²) >= 11 is 0.